The van der Waals surface area contributed by atoms with Gasteiger partial charge in [-0.05, 0) is 44.9 Å². The normalized spacial score (nSPS) is 12.0. The van der Waals surface area contributed by atoms with Crippen LogP contribution in [0.15, 0.2) is 12.2 Å². The highest BCUT2D eigenvalue weighted by molar-refractivity contribution is 5.71. The van der Waals surface area contributed by atoms with Crippen molar-refractivity contribution < 1.29 is 28.6 Å². The van der Waals surface area contributed by atoms with Crippen LogP contribution in [-0.2, 0) is 28.6 Å². The summed E-state index contributed by atoms with van der Waals surface area (Å²) in [4.78, 5) is 38.4. The van der Waals surface area contributed by atoms with Gasteiger partial charge in [-0.2, -0.15) is 0 Å². The first kappa shape index (κ1) is 78.1. The summed E-state index contributed by atoms with van der Waals surface area (Å²) in [5.74, 6) is -0.840. The lowest BCUT2D eigenvalue weighted by Crippen LogP contribution is -2.30. The molecule has 474 valence electrons. The van der Waals surface area contributed by atoms with E-state index in [4.69, 9.17) is 14.2 Å². The fourth-order valence-corrected chi connectivity index (χ4v) is 11.5. The molecule has 0 aliphatic heterocycles. The van der Waals surface area contributed by atoms with Crippen molar-refractivity contribution in [1.29, 1.82) is 0 Å². The smallest absolute Gasteiger partial charge is 0.306 e. The Bertz CT molecular complexity index is 1250. The van der Waals surface area contributed by atoms with Crippen molar-refractivity contribution in [3.63, 3.8) is 0 Å². The number of carbonyl (C=O) groups is 3. The molecule has 0 aliphatic carbocycles. The summed E-state index contributed by atoms with van der Waals surface area (Å²) >= 11 is 0. The molecule has 6 heteroatoms. The Labute approximate surface area is 501 Å². The van der Waals surface area contributed by atoms with E-state index in [0.717, 1.165) is 64.2 Å². The summed E-state index contributed by atoms with van der Waals surface area (Å²) in [5.41, 5.74) is 0. The molecule has 0 N–H and O–H groups in total. The molecule has 80 heavy (non-hydrogen) atoms. The molecule has 0 saturated carbocycles. The van der Waals surface area contributed by atoms with Crippen LogP contribution in [0.2, 0.25) is 0 Å². The highest BCUT2D eigenvalue weighted by atomic mass is 16.6. The zero-order valence-electron chi connectivity index (χ0n) is 54.6. The summed E-state index contributed by atoms with van der Waals surface area (Å²) in [5, 5.41) is 0. The van der Waals surface area contributed by atoms with Crippen LogP contribution in [0.4, 0.5) is 0 Å². The predicted molar refractivity (Wildman–Crippen MR) is 349 cm³/mol. The van der Waals surface area contributed by atoms with Gasteiger partial charge in [-0.15, -0.1) is 0 Å². The fraction of sp³-hybridized carbons (Fsp3) is 0.932. The van der Waals surface area contributed by atoms with Crippen molar-refractivity contribution in [3.8, 4) is 0 Å². The van der Waals surface area contributed by atoms with Gasteiger partial charge < -0.3 is 14.2 Å². The van der Waals surface area contributed by atoms with Gasteiger partial charge in [0.15, 0.2) is 6.10 Å². The lowest BCUT2D eigenvalue weighted by Gasteiger charge is -2.18. The molecule has 0 aromatic rings. The van der Waals surface area contributed by atoms with Crippen LogP contribution in [0.3, 0.4) is 0 Å². The number of unbranched alkanes of at least 4 members (excludes halogenated alkanes) is 56. The van der Waals surface area contributed by atoms with Crippen LogP contribution in [0.1, 0.15) is 425 Å². The van der Waals surface area contributed by atoms with Crippen LogP contribution >= 0.6 is 0 Å². The van der Waals surface area contributed by atoms with E-state index in [0.29, 0.717) is 19.3 Å². The molecule has 0 radical (unpaired) electrons. The second kappa shape index (κ2) is 69.6. The third kappa shape index (κ3) is 66.9. The number of carbonyl (C=O) groups excluding carboxylic acids is 3. The Morgan fingerprint density at radius 2 is 0.412 bits per heavy atom. The monoisotopic (exact) mass is 1130 g/mol. The lowest BCUT2D eigenvalue weighted by molar-refractivity contribution is -0.167. The van der Waals surface area contributed by atoms with Crippen molar-refractivity contribution in [2.24, 2.45) is 0 Å². The first-order valence-corrected chi connectivity index (χ1v) is 36.7. The topological polar surface area (TPSA) is 78.9 Å². The van der Waals surface area contributed by atoms with E-state index in [2.05, 4.69) is 32.9 Å². The van der Waals surface area contributed by atoms with E-state index in [9.17, 15) is 14.4 Å². The first-order chi connectivity index (χ1) is 39.5. The van der Waals surface area contributed by atoms with Crippen LogP contribution in [-0.4, -0.2) is 37.2 Å². The van der Waals surface area contributed by atoms with Crippen LogP contribution in [0, 0.1) is 0 Å². The minimum absolute atomic E-state index is 0.0666. The fourth-order valence-electron chi connectivity index (χ4n) is 11.5. The molecule has 0 aliphatic rings. The van der Waals surface area contributed by atoms with Gasteiger partial charge in [-0.1, -0.05) is 373 Å². The molecular weight excluding hydrogens is 985 g/mol. The minimum Gasteiger partial charge on any atom is -0.462 e. The second-order valence-corrected chi connectivity index (χ2v) is 25.2. The SMILES string of the molecule is CCCCCCCCC/C=C\CCCCCCCC(=O)OC(COC(=O)CCCCCCCCCCCCCCCCC)COC(=O)CCCCCCCCCCCCCCCCCCCCCCCCCCCCCCCCC. The summed E-state index contributed by atoms with van der Waals surface area (Å²) in [7, 11) is 0. The zero-order valence-corrected chi connectivity index (χ0v) is 54.6. The summed E-state index contributed by atoms with van der Waals surface area (Å²) < 4.78 is 17.0. The number of hydrogen-bond acceptors (Lipinski definition) is 6. The predicted octanol–water partition coefficient (Wildman–Crippen LogP) is 25.2. The van der Waals surface area contributed by atoms with Gasteiger partial charge in [0.05, 0.1) is 0 Å². The van der Waals surface area contributed by atoms with Gasteiger partial charge in [0.1, 0.15) is 13.2 Å². The van der Waals surface area contributed by atoms with Crippen molar-refractivity contribution in [2.45, 2.75) is 431 Å². The van der Waals surface area contributed by atoms with Crippen LogP contribution in [0.5, 0.6) is 0 Å². The average Bonchev–Trinajstić information content (AvgIpc) is 3.46. The molecule has 1 atom stereocenters. The number of hydrogen-bond donors (Lipinski definition) is 0. The van der Waals surface area contributed by atoms with Gasteiger partial charge in [0.2, 0.25) is 0 Å². The Balaban J connectivity index is 4.12. The van der Waals surface area contributed by atoms with Crippen LogP contribution < -0.4 is 0 Å². The largest absolute Gasteiger partial charge is 0.462 e. The standard InChI is InChI=1S/C74H142O6/c1-4-7-10-13-16-19-22-25-28-30-31-32-33-34-35-36-37-38-39-40-41-42-43-44-47-49-52-55-58-61-64-67-73(76)79-70-71(69-78-72(75)66-63-60-57-54-51-48-45-27-24-21-18-15-12-9-6-3)80-74(77)68-65-62-59-56-53-50-46-29-26-23-20-17-14-11-8-5-2/h29,46,71H,4-28,30-45,47-70H2,1-3H3/b46-29-. The molecule has 0 heterocycles. The molecule has 0 fully saturated rings. The Morgan fingerprint density at radius 1 is 0.237 bits per heavy atom. The summed E-state index contributed by atoms with van der Waals surface area (Å²) in [6.07, 6.45) is 84.0. The van der Waals surface area contributed by atoms with E-state index >= 15 is 0 Å². The molecular formula is C74H142O6. The van der Waals surface area contributed by atoms with Gasteiger partial charge in [0.25, 0.3) is 0 Å². The molecule has 0 aromatic carbocycles. The summed E-state index contributed by atoms with van der Waals surface area (Å²) in [6, 6.07) is 0. The minimum atomic E-state index is -0.771. The molecule has 0 bridgehead atoms. The van der Waals surface area contributed by atoms with E-state index in [-0.39, 0.29) is 31.1 Å². The quantitative estimate of drug-likeness (QED) is 0.0261. The summed E-state index contributed by atoms with van der Waals surface area (Å²) in [6.45, 7) is 6.72. The Kier molecular flexibility index (Phi) is 68.0. The maximum absolute atomic E-state index is 12.9. The number of rotatable bonds is 69. The second-order valence-electron chi connectivity index (χ2n) is 25.2. The maximum Gasteiger partial charge on any atom is 0.306 e. The van der Waals surface area contributed by atoms with Crippen molar-refractivity contribution in [2.75, 3.05) is 13.2 Å². The number of allylic oxidation sites excluding steroid dienone is 2. The average molecular weight is 1130 g/mol. The van der Waals surface area contributed by atoms with Crippen molar-refractivity contribution in [1.82, 2.24) is 0 Å². The molecule has 1 unspecified atom stereocenters. The van der Waals surface area contributed by atoms with E-state index in [1.54, 1.807) is 0 Å². The van der Waals surface area contributed by atoms with E-state index in [1.165, 1.54) is 321 Å². The van der Waals surface area contributed by atoms with Gasteiger partial charge in [0, 0.05) is 19.3 Å². The van der Waals surface area contributed by atoms with E-state index < -0.39 is 6.10 Å². The van der Waals surface area contributed by atoms with E-state index in [1.807, 2.05) is 0 Å². The third-order valence-corrected chi connectivity index (χ3v) is 17.0. The molecule has 0 saturated heterocycles. The molecule has 0 aromatic heterocycles. The molecule has 6 nitrogen and oxygen atoms in total. The Morgan fingerprint density at radius 3 is 0.625 bits per heavy atom. The Hall–Kier alpha value is -1.85. The van der Waals surface area contributed by atoms with Gasteiger partial charge in [-0.25, -0.2) is 0 Å². The first-order valence-electron chi connectivity index (χ1n) is 36.7. The maximum atomic E-state index is 12.9. The lowest BCUT2D eigenvalue weighted by atomic mass is 10.0. The highest BCUT2D eigenvalue weighted by Gasteiger charge is 2.20. The van der Waals surface area contributed by atoms with Gasteiger partial charge in [-0.3, -0.25) is 14.4 Å². The number of esters is 3. The van der Waals surface area contributed by atoms with Crippen molar-refractivity contribution in [3.05, 3.63) is 12.2 Å². The van der Waals surface area contributed by atoms with Crippen LogP contribution in [0.25, 0.3) is 0 Å². The molecule has 0 rings (SSSR count). The molecule has 0 amide bonds. The third-order valence-electron chi connectivity index (χ3n) is 17.0. The van der Waals surface area contributed by atoms with Crippen molar-refractivity contribution >= 4 is 17.9 Å². The highest BCUT2D eigenvalue weighted by Crippen LogP contribution is 2.19. The zero-order chi connectivity index (χ0) is 57.8. The van der Waals surface area contributed by atoms with Gasteiger partial charge >= 0.3 is 17.9 Å². The molecule has 0 spiro atoms. The number of ether oxygens (including phenoxy) is 3.